The van der Waals surface area contributed by atoms with Gasteiger partial charge in [-0.1, -0.05) is 13.0 Å². The lowest BCUT2D eigenvalue weighted by molar-refractivity contribution is -0.126. The maximum absolute atomic E-state index is 13.1. The Kier molecular flexibility index (Phi) is 8.49. The van der Waals surface area contributed by atoms with Crippen LogP contribution in [0.1, 0.15) is 42.1 Å². The summed E-state index contributed by atoms with van der Waals surface area (Å²) >= 11 is 0. The number of piperidine rings is 1. The highest BCUT2D eigenvalue weighted by atomic mass is 19.1. The molecule has 0 saturated carbocycles. The third-order valence-electron chi connectivity index (χ3n) is 6.06. The number of rotatable bonds is 9. The molecule has 2 heterocycles. The van der Waals surface area contributed by atoms with Crippen LogP contribution in [-0.2, 0) is 11.3 Å². The molecule has 0 unspecified atom stereocenters. The number of carbonyl (C=O) groups excluding carboxylic acids is 2. The molecule has 7 nitrogen and oxygen atoms in total. The first-order valence-corrected chi connectivity index (χ1v) is 12.2. The molecule has 0 aliphatic carbocycles. The van der Waals surface area contributed by atoms with Gasteiger partial charge in [0.25, 0.3) is 5.91 Å². The number of benzene rings is 2. The molecule has 0 atom stereocenters. The number of hydrogen-bond donors (Lipinski definition) is 1. The average Bonchev–Trinajstić information content (AvgIpc) is 2.92. The van der Waals surface area contributed by atoms with Crippen LogP contribution in [0.4, 0.5) is 4.39 Å². The van der Waals surface area contributed by atoms with Crippen LogP contribution in [0, 0.1) is 11.7 Å². The van der Waals surface area contributed by atoms with E-state index in [2.05, 4.69) is 17.2 Å². The molecule has 36 heavy (non-hydrogen) atoms. The minimum atomic E-state index is -0.376. The second-order valence-corrected chi connectivity index (χ2v) is 8.68. The first-order chi connectivity index (χ1) is 17.5. The van der Waals surface area contributed by atoms with Crippen LogP contribution in [0.3, 0.4) is 0 Å². The van der Waals surface area contributed by atoms with Crippen molar-refractivity contribution < 1.29 is 23.5 Å². The summed E-state index contributed by atoms with van der Waals surface area (Å²) in [6, 6.07) is 16.5. The molecular weight excluding hydrogens is 461 g/mol. The van der Waals surface area contributed by atoms with Crippen molar-refractivity contribution in [2.45, 2.75) is 32.7 Å². The summed E-state index contributed by atoms with van der Waals surface area (Å²) in [6.07, 6.45) is 3.73. The lowest BCUT2D eigenvalue weighted by atomic mass is 9.95. The van der Waals surface area contributed by atoms with E-state index in [4.69, 9.17) is 9.47 Å². The molecule has 1 aliphatic rings. The third kappa shape index (κ3) is 6.59. The average molecular weight is 492 g/mol. The zero-order valence-corrected chi connectivity index (χ0v) is 20.3. The van der Waals surface area contributed by atoms with E-state index < -0.39 is 0 Å². The fourth-order valence-corrected chi connectivity index (χ4v) is 4.03. The number of hydrogen-bond acceptors (Lipinski definition) is 5. The number of nitrogens with one attached hydrogen (secondary N) is 1. The molecule has 1 aliphatic heterocycles. The van der Waals surface area contributed by atoms with Crippen molar-refractivity contribution in [3.8, 4) is 17.4 Å². The number of ether oxygens (including phenoxy) is 2. The zero-order chi connectivity index (χ0) is 25.3. The van der Waals surface area contributed by atoms with E-state index in [0.29, 0.717) is 49.7 Å². The zero-order valence-electron chi connectivity index (χ0n) is 20.3. The molecule has 4 rings (SSSR count). The summed E-state index contributed by atoms with van der Waals surface area (Å²) in [6.45, 7) is 3.96. The molecule has 2 aromatic carbocycles. The largest absolute Gasteiger partial charge is 0.494 e. The van der Waals surface area contributed by atoms with Crippen LogP contribution in [0.25, 0.3) is 0 Å². The Morgan fingerprint density at radius 2 is 1.72 bits per heavy atom. The summed E-state index contributed by atoms with van der Waals surface area (Å²) in [4.78, 5) is 31.5. The SMILES string of the molecule is CCCOc1ccc(Oc2ncccc2CNC(=O)C2CCN(C(=O)c3ccc(F)cc3)CC2)cc1. The normalized spacial score (nSPS) is 13.8. The van der Waals surface area contributed by atoms with E-state index in [-0.39, 0.29) is 30.1 Å². The molecule has 0 spiro atoms. The molecule has 3 aromatic rings. The van der Waals surface area contributed by atoms with Crippen LogP contribution >= 0.6 is 0 Å². The molecule has 0 radical (unpaired) electrons. The number of aromatic nitrogens is 1. The number of nitrogens with zero attached hydrogens (tertiary/aromatic N) is 2. The second-order valence-electron chi connectivity index (χ2n) is 8.68. The summed E-state index contributed by atoms with van der Waals surface area (Å²) < 4.78 is 24.7. The number of halogens is 1. The molecule has 1 N–H and O–H groups in total. The maximum atomic E-state index is 13.1. The number of likely N-dealkylation sites (tertiary alicyclic amines) is 1. The molecule has 2 amide bonds. The Morgan fingerprint density at radius 3 is 2.42 bits per heavy atom. The van der Waals surface area contributed by atoms with Crippen molar-refractivity contribution in [2.75, 3.05) is 19.7 Å². The van der Waals surface area contributed by atoms with Crippen molar-refractivity contribution in [3.63, 3.8) is 0 Å². The van der Waals surface area contributed by atoms with Crippen molar-refractivity contribution in [2.24, 2.45) is 5.92 Å². The molecule has 1 fully saturated rings. The van der Waals surface area contributed by atoms with Crippen molar-refractivity contribution in [1.29, 1.82) is 0 Å². The predicted octanol–water partition coefficient (Wildman–Crippen LogP) is 4.97. The van der Waals surface area contributed by atoms with Gasteiger partial charge in [0.1, 0.15) is 17.3 Å². The van der Waals surface area contributed by atoms with Crippen molar-refractivity contribution in [3.05, 3.63) is 83.8 Å². The maximum Gasteiger partial charge on any atom is 0.253 e. The van der Waals surface area contributed by atoms with Crippen molar-refractivity contribution >= 4 is 11.8 Å². The topological polar surface area (TPSA) is 80.8 Å². The van der Waals surface area contributed by atoms with Gasteiger partial charge in [0.15, 0.2) is 0 Å². The van der Waals surface area contributed by atoms with Gasteiger partial charge in [0, 0.05) is 42.9 Å². The summed E-state index contributed by atoms with van der Waals surface area (Å²) in [5.74, 6) is 1.08. The molecule has 0 bridgehead atoms. The summed E-state index contributed by atoms with van der Waals surface area (Å²) in [5.41, 5.74) is 1.22. The van der Waals surface area contributed by atoms with E-state index in [1.165, 1.54) is 24.3 Å². The first kappa shape index (κ1) is 25.2. The minimum absolute atomic E-state index is 0.0592. The highest BCUT2D eigenvalue weighted by Gasteiger charge is 2.28. The Balaban J connectivity index is 1.28. The van der Waals surface area contributed by atoms with Gasteiger partial charge >= 0.3 is 0 Å². The van der Waals surface area contributed by atoms with Crippen LogP contribution in [-0.4, -0.2) is 41.4 Å². The van der Waals surface area contributed by atoms with Crippen LogP contribution in [0.2, 0.25) is 0 Å². The monoisotopic (exact) mass is 491 g/mol. The van der Waals surface area contributed by atoms with Gasteiger partial charge in [-0.3, -0.25) is 9.59 Å². The van der Waals surface area contributed by atoms with Gasteiger partial charge in [0.2, 0.25) is 11.8 Å². The van der Waals surface area contributed by atoms with Crippen LogP contribution in [0.5, 0.6) is 17.4 Å². The van der Waals surface area contributed by atoms with Gasteiger partial charge in [-0.15, -0.1) is 0 Å². The highest BCUT2D eigenvalue weighted by Crippen LogP contribution is 2.26. The lowest BCUT2D eigenvalue weighted by Crippen LogP contribution is -2.42. The van der Waals surface area contributed by atoms with E-state index >= 15 is 0 Å². The predicted molar refractivity (Wildman–Crippen MR) is 133 cm³/mol. The number of amides is 2. The summed E-state index contributed by atoms with van der Waals surface area (Å²) in [5, 5.41) is 2.99. The Morgan fingerprint density at radius 1 is 1.03 bits per heavy atom. The summed E-state index contributed by atoms with van der Waals surface area (Å²) in [7, 11) is 0. The van der Waals surface area contributed by atoms with Gasteiger partial charge in [-0.2, -0.15) is 0 Å². The van der Waals surface area contributed by atoms with E-state index in [1.54, 1.807) is 17.2 Å². The molecular formula is C28H30FN3O4. The highest BCUT2D eigenvalue weighted by molar-refractivity contribution is 5.94. The van der Waals surface area contributed by atoms with E-state index in [1.807, 2.05) is 30.3 Å². The first-order valence-electron chi connectivity index (χ1n) is 12.2. The van der Waals surface area contributed by atoms with Gasteiger partial charge in [0.05, 0.1) is 6.61 Å². The lowest BCUT2D eigenvalue weighted by Gasteiger charge is -2.31. The van der Waals surface area contributed by atoms with Crippen LogP contribution in [0.15, 0.2) is 66.9 Å². The minimum Gasteiger partial charge on any atom is -0.494 e. The van der Waals surface area contributed by atoms with Crippen molar-refractivity contribution in [1.82, 2.24) is 15.2 Å². The Hall–Kier alpha value is -3.94. The molecule has 1 saturated heterocycles. The second kappa shape index (κ2) is 12.2. The Bertz CT molecular complexity index is 1160. The smallest absolute Gasteiger partial charge is 0.253 e. The van der Waals surface area contributed by atoms with E-state index in [9.17, 15) is 14.0 Å². The quantitative estimate of drug-likeness (QED) is 0.457. The van der Waals surface area contributed by atoms with Gasteiger partial charge in [-0.25, -0.2) is 9.37 Å². The third-order valence-corrected chi connectivity index (χ3v) is 6.06. The molecule has 8 heteroatoms. The fourth-order valence-electron chi connectivity index (χ4n) is 4.03. The van der Waals surface area contributed by atoms with Gasteiger partial charge < -0.3 is 19.7 Å². The number of carbonyl (C=O) groups is 2. The number of pyridine rings is 1. The molecule has 188 valence electrons. The van der Waals surface area contributed by atoms with Gasteiger partial charge in [-0.05, 0) is 73.9 Å². The van der Waals surface area contributed by atoms with Crippen LogP contribution < -0.4 is 14.8 Å². The Labute approximate surface area is 210 Å². The standard InChI is InChI=1S/C28H30FN3O4/c1-2-18-35-24-9-11-25(12-10-24)36-27-22(4-3-15-30-27)19-31-26(33)20-13-16-32(17-14-20)28(34)21-5-7-23(29)8-6-21/h3-12,15,20H,2,13-14,16-19H2,1H3,(H,31,33). The van der Waals surface area contributed by atoms with E-state index in [0.717, 1.165) is 17.7 Å². The molecule has 1 aromatic heterocycles. The fraction of sp³-hybridized carbons (Fsp3) is 0.321.